The standard InChI is InChI=1S/C17H12O4/c1-20-17(19)15-10-9-14(21-15)16(18)13-8-4-6-11-5-2-3-7-12(11)13/h2-10H,1H3. The Morgan fingerprint density at radius 1 is 0.905 bits per heavy atom. The highest BCUT2D eigenvalue weighted by molar-refractivity contribution is 6.15. The van der Waals surface area contributed by atoms with Crippen molar-refractivity contribution in [3.8, 4) is 0 Å². The van der Waals surface area contributed by atoms with Gasteiger partial charge in [-0.25, -0.2) is 4.79 Å². The summed E-state index contributed by atoms with van der Waals surface area (Å²) in [6.45, 7) is 0. The van der Waals surface area contributed by atoms with E-state index >= 15 is 0 Å². The molecule has 3 rings (SSSR count). The molecular formula is C17H12O4. The van der Waals surface area contributed by atoms with Crippen molar-refractivity contribution in [2.75, 3.05) is 7.11 Å². The quantitative estimate of drug-likeness (QED) is 0.544. The van der Waals surface area contributed by atoms with Gasteiger partial charge in [-0.2, -0.15) is 0 Å². The summed E-state index contributed by atoms with van der Waals surface area (Å²) in [5, 5.41) is 1.82. The van der Waals surface area contributed by atoms with Crippen LogP contribution in [0.2, 0.25) is 0 Å². The highest BCUT2D eigenvalue weighted by atomic mass is 16.5. The van der Waals surface area contributed by atoms with Crippen LogP contribution in [0.25, 0.3) is 10.8 Å². The van der Waals surface area contributed by atoms with E-state index in [1.165, 1.54) is 19.2 Å². The van der Waals surface area contributed by atoms with Crippen molar-refractivity contribution in [1.82, 2.24) is 0 Å². The van der Waals surface area contributed by atoms with Gasteiger partial charge in [0.1, 0.15) is 0 Å². The Morgan fingerprint density at radius 2 is 1.62 bits per heavy atom. The predicted octanol–water partition coefficient (Wildman–Crippen LogP) is 3.45. The average molecular weight is 280 g/mol. The third-order valence-corrected chi connectivity index (χ3v) is 3.25. The molecular weight excluding hydrogens is 268 g/mol. The van der Waals surface area contributed by atoms with Gasteiger partial charge in [0.05, 0.1) is 7.11 Å². The van der Waals surface area contributed by atoms with Gasteiger partial charge >= 0.3 is 5.97 Å². The van der Waals surface area contributed by atoms with E-state index in [0.29, 0.717) is 5.56 Å². The lowest BCUT2D eigenvalue weighted by Gasteiger charge is -2.03. The summed E-state index contributed by atoms with van der Waals surface area (Å²) in [4.78, 5) is 23.9. The number of ketones is 1. The van der Waals surface area contributed by atoms with Gasteiger partial charge in [0.15, 0.2) is 5.76 Å². The van der Waals surface area contributed by atoms with E-state index in [2.05, 4.69) is 4.74 Å². The minimum absolute atomic E-state index is 0.0149. The van der Waals surface area contributed by atoms with Gasteiger partial charge in [0.25, 0.3) is 0 Å². The topological polar surface area (TPSA) is 56.5 Å². The molecule has 0 aliphatic carbocycles. The number of carbonyl (C=O) groups excluding carboxylic acids is 2. The summed E-state index contributed by atoms with van der Waals surface area (Å²) in [5.41, 5.74) is 0.541. The van der Waals surface area contributed by atoms with Crippen molar-refractivity contribution in [2.24, 2.45) is 0 Å². The second kappa shape index (κ2) is 5.25. The molecule has 1 aromatic heterocycles. The maximum absolute atomic E-state index is 12.5. The third kappa shape index (κ3) is 2.31. The van der Waals surface area contributed by atoms with Crippen molar-refractivity contribution in [1.29, 1.82) is 0 Å². The molecule has 21 heavy (non-hydrogen) atoms. The van der Waals surface area contributed by atoms with Gasteiger partial charge in [-0.05, 0) is 22.9 Å². The summed E-state index contributed by atoms with van der Waals surface area (Å²) in [5.74, 6) is -0.734. The Balaban J connectivity index is 2.05. The lowest BCUT2D eigenvalue weighted by atomic mass is 10.0. The fourth-order valence-electron chi connectivity index (χ4n) is 2.23. The van der Waals surface area contributed by atoms with Gasteiger partial charge in [-0.1, -0.05) is 42.5 Å². The van der Waals surface area contributed by atoms with Crippen LogP contribution in [0.4, 0.5) is 0 Å². The molecule has 2 aromatic carbocycles. The number of carbonyl (C=O) groups is 2. The van der Waals surface area contributed by atoms with Gasteiger partial charge in [0, 0.05) is 5.56 Å². The normalized spacial score (nSPS) is 10.5. The van der Waals surface area contributed by atoms with E-state index in [4.69, 9.17) is 4.42 Å². The maximum Gasteiger partial charge on any atom is 0.373 e. The zero-order valence-electron chi connectivity index (χ0n) is 11.3. The number of furan rings is 1. The number of benzene rings is 2. The highest BCUT2D eigenvalue weighted by Gasteiger charge is 2.18. The number of esters is 1. The lowest BCUT2D eigenvalue weighted by Crippen LogP contribution is -2.02. The number of fused-ring (bicyclic) bond motifs is 1. The molecule has 0 fully saturated rings. The summed E-state index contributed by atoms with van der Waals surface area (Å²) < 4.78 is 9.84. The molecule has 0 saturated carbocycles. The molecule has 0 spiro atoms. The van der Waals surface area contributed by atoms with E-state index in [1.54, 1.807) is 6.07 Å². The summed E-state index contributed by atoms with van der Waals surface area (Å²) in [7, 11) is 1.26. The number of methoxy groups -OCH3 is 1. The van der Waals surface area contributed by atoms with Crippen molar-refractivity contribution in [3.05, 3.63) is 71.7 Å². The van der Waals surface area contributed by atoms with Crippen LogP contribution in [0.1, 0.15) is 26.7 Å². The van der Waals surface area contributed by atoms with Gasteiger partial charge in [0.2, 0.25) is 11.5 Å². The molecule has 0 atom stereocenters. The second-order valence-corrected chi connectivity index (χ2v) is 4.51. The van der Waals surface area contributed by atoms with Crippen LogP contribution in [-0.2, 0) is 4.74 Å². The fourth-order valence-corrected chi connectivity index (χ4v) is 2.23. The fraction of sp³-hybridized carbons (Fsp3) is 0.0588. The van der Waals surface area contributed by atoms with Crippen molar-refractivity contribution < 1.29 is 18.7 Å². The van der Waals surface area contributed by atoms with Crippen LogP contribution < -0.4 is 0 Å². The van der Waals surface area contributed by atoms with E-state index in [-0.39, 0.29) is 17.3 Å². The summed E-state index contributed by atoms with van der Waals surface area (Å²) in [6.07, 6.45) is 0. The lowest BCUT2D eigenvalue weighted by molar-refractivity contribution is 0.0563. The monoisotopic (exact) mass is 280 g/mol. The van der Waals surface area contributed by atoms with Crippen molar-refractivity contribution >= 4 is 22.5 Å². The average Bonchev–Trinajstić information content (AvgIpc) is 3.03. The molecule has 0 amide bonds. The molecule has 0 bridgehead atoms. The van der Waals surface area contributed by atoms with E-state index in [0.717, 1.165) is 10.8 Å². The Kier molecular flexibility index (Phi) is 3.28. The van der Waals surface area contributed by atoms with Gasteiger partial charge < -0.3 is 9.15 Å². The number of rotatable bonds is 3. The number of hydrogen-bond acceptors (Lipinski definition) is 4. The number of hydrogen-bond donors (Lipinski definition) is 0. The molecule has 4 heteroatoms. The molecule has 3 aromatic rings. The van der Waals surface area contributed by atoms with Crippen molar-refractivity contribution in [3.63, 3.8) is 0 Å². The first kappa shape index (κ1) is 13.1. The first-order valence-electron chi connectivity index (χ1n) is 6.41. The summed E-state index contributed by atoms with van der Waals surface area (Å²) in [6, 6.07) is 16.0. The van der Waals surface area contributed by atoms with Crippen LogP contribution in [0, 0.1) is 0 Å². The SMILES string of the molecule is COC(=O)c1ccc(C(=O)c2cccc3ccccc23)o1. The Morgan fingerprint density at radius 3 is 2.43 bits per heavy atom. The third-order valence-electron chi connectivity index (χ3n) is 3.25. The molecule has 0 N–H and O–H groups in total. The van der Waals surface area contributed by atoms with Gasteiger partial charge in [-0.15, -0.1) is 0 Å². The van der Waals surface area contributed by atoms with Crippen LogP contribution in [-0.4, -0.2) is 18.9 Å². The molecule has 104 valence electrons. The maximum atomic E-state index is 12.5. The van der Waals surface area contributed by atoms with Crippen LogP contribution >= 0.6 is 0 Å². The molecule has 0 saturated heterocycles. The Hall–Kier alpha value is -2.88. The molecule has 1 heterocycles. The largest absolute Gasteiger partial charge is 0.463 e. The summed E-state index contributed by atoms with van der Waals surface area (Å²) >= 11 is 0. The Bertz CT molecular complexity index is 824. The molecule has 4 nitrogen and oxygen atoms in total. The first-order valence-corrected chi connectivity index (χ1v) is 6.41. The van der Waals surface area contributed by atoms with Crippen molar-refractivity contribution in [2.45, 2.75) is 0 Å². The predicted molar refractivity (Wildman–Crippen MR) is 77.4 cm³/mol. The smallest absolute Gasteiger partial charge is 0.373 e. The number of ether oxygens (including phenoxy) is 1. The van der Waals surface area contributed by atoms with Crippen LogP contribution in [0.3, 0.4) is 0 Å². The molecule has 0 aliphatic rings. The molecule has 0 aliphatic heterocycles. The molecule has 0 radical (unpaired) electrons. The highest BCUT2D eigenvalue weighted by Crippen LogP contribution is 2.22. The van der Waals surface area contributed by atoms with Crippen LogP contribution in [0.15, 0.2) is 59.0 Å². The Labute approximate surface area is 120 Å². The zero-order chi connectivity index (χ0) is 14.8. The zero-order valence-corrected chi connectivity index (χ0v) is 11.3. The van der Waals surface area contributed by atoms with E-state index < -0.39 is 5.97 Å². The minimum atomic E-state index is -0.605. The van der Waals surface area contributed by atoms with Crippen LogP contribution in [0.5, 0.6) is 0 Å². The molecule has 0 unspecified atom stereocenters. The van der Waals surface area contributed by atoms with Gasteiger partial charge in [-0.3, -0.25) is 4.79 Å². The van der Waals surface area contributed by atoms with E-state index in [9.17, 15) is 9.59 Å². The minimum Gasteiger partial charge on any atom is -0.463 e. The first-order chi connectivity index (χ1) is 10.2. The van der Waals surface area contributed by atoms with E-state index in [1.807, 2.05) is 36.4 Å². The second-order valence-electron chi connectivity index (χ2n) is 4.51.